The average molecular weight is 339 g/mol. The Morgan fingerprint density at radius 2 is 2.16 bits per heavy atom. The van der Waals surface area contributed by atoms with Gasteiger partial charge in [0.25, 0.3) is 5.91 Å². The summed E-state index contributed by atoms with van der Waals surface area (Å²) in [7, 11) is 1.55. The standard InChI is InChI=1S/C20H21NO4/c1-3-11-24-18-9-8-14(13-19(18)23-2)20(22)21-16-10-12-25-17-7-5-4-6-15(16)17/h3-9,13,16H,1,10-12H2,2H3,(H,21,22). The molecular weight excluding hydrogens is 318 g/mol. The van der Waals surface area contributed by atoms with Crippen molar-refractivity contribution in [2.24, 2.45) is 0 Å². The normalized spacial score (nSPS) is 15.5. The summed E-state index contributed by atoms with van der Waals surface area (Å²) in [4.78, 5) is 12.7. The van der Waals surface area contributed by atoms with Crippen molar-refractivity contribution in [2.45, 2.75) is 12.5 Å². The molecule has 2 aromatic carbocycles. The number of hydrogen-bond acceptors (Lipinski definition) is 4. The van der Waals surface area contributed by atoms with Gasteiger partial charge in [0, 0.05) is 17.5 Å². The molecule has 130 valence electrons. The van der Waals surface area contributed by atoms with Crippen LogP contribution in [0.1, 0.15) is 28.4 Å². The van der Waals surface area contributed by atoms with Gasteiger partial charge in [-0.2, -0.15) is 0 Å². The monoisotopic (exact) mass is 339 g/mol. The number of amides is 1. The summed E-state index contributed by atoms with van der Waals surface area (Å²) < 4.78 is 16.5. The molecule has 0 fully saturated rings. The number of para-hydroxylation sites is 1. The molecule has 1 aliphatic heterocycles. The minimum absolute atomic E-state index is 0.0693. The lowest BCUT2D eigenvalue weighted by Crippen LogP contribution is -2.32. The fourth-order valence-electron chi connectivity index (χ4n) is 2.81. The Bertz CT molecular complexity index is 772. The number of carbonyl (C=O) groups is 1. The van der Waals surface area contributed by atoms with Crippen molar-refractivity contribution >= 4 is 5.91 Å². The third kappa shape index (κ3) is 3.76. The fourth-order valence-corrected chi connectivity index (χ4v) is 2.81. The van der Waals surface area contributed by atoms with Crippen LogP contribution in [-0.2, 0) is 0 Å². The molecule has 1 unspecified atom stereocenters. The second-order valence-electron chi connectivity index (χ2n) is 5.67. The molecule has 0 aromatic heterocycles. The van der Waals surface area contributed by atoms with Crippen LogP contribution in [0.25, 0.3) is 0 Å². The number of nitrogens with one attached hydrogen (secondary N) is 1. The largest absolute Gasteiger partial charge is 0.493 e. The van der Waals surface area contributed by atoms with Crippen LogP contribution in [0.15, 0.2) is 55.1 Å². The lowest BCUT2D eigenvalue weighted by molar-refractivity contribution is 0.0924. The topological polar surface area (TPSA) is 56.8 Å². The van der Waals surface area contributed by atoms with Gasteiger partial charge in [0.2, 0.25) is 0 Å². The van der Waals surface area contributed by atoms with Gasteiger partial charge < -0.3 is 19.5 Å². The van der Waals surface area contributed by atoms with Crippen LogP contribution in [0.5, 0.6) is 17.2 Å². The predicted molar refractivity (Wildman–Crippen MR) is 95.4 cm³/mol. The molecule has 0 aliphatic carbocycles. The summed E-state index contributed by atoms with van der Waals surface area (Å²) in [5.41, 5.74) is 1.52. The molecule has 0 saturated heterocycles. The van der Waals surface area contributed by atoms with E-state index in [2.05, 4.69) is 11.9 Å². The summed E-state index contributed by atoms with van der Waals surface area (Å²) in [6.07, 6.45) is 2.39. The van der Waals surface area contributed by atoms with Crippen molar-refractivity contribution in [1.82, 2.24) is 5.32 Å². The van der Waals surface area contributed by atoms with Crippen LogP contribution in [0, 0.1) is 0 Å². The van der Waals surface area contributed by atoms with Crippen molar-refractivity contribution in [3.63, 3.8) is 0 Å². The first-order valence-electron chi connectivity index (χ1n) is 8.17. The maximum Gasteiger partial charge on any atom is 0.251 e. The van der Waals surface area contributed by atoms with Gasteiger partial charge in [-0.1, -0.05) is 30.9 Å². The molecule has 0 bridgehead atoms. The van der Waals surface area contributed by atoms with Crippen LogP contribution in [0.3, 0.4) is 0 Å². The van der Waals surface area contributed by atoms with E-state index in [0.717, 1.165) is 17.7 Å². The molecule has 3 rings (SSSR count). The number of carbonyl (C=O) groups excluding carboxylic acids is 1. The first-order valence-corrected chi connectivity index (χ1v) is 8.17. The van der Waals surface area contributed by atoms with Crippen LogP contribution in [0.4, 0.5) is 0 Å². The Kier molecular flexibility index (Phi) is 5.23. The zero-order chi connectivity index (χ0) is 17.6. The van der Waals surface area contributed by atoms with E-state index in [1.165, 1.54) is 0 Å². The van der Waals surface area contributed by atoms with Gasteiger partial charge in [0.15, 0.2) is 11.5 Å². The number of methoxy groups -OCH3 is 1. The average Bonchev–Trinajstić information content (AvgIpc) is 2.66. The molecule has 1 amide bonds. The van der Waals surface area contributed by atoms with Crippen LogP contribution >= 0.6 is 0 Å². The second-order valence-corrected chi connectivity index (χ2v) is 5.67. The number of benzene rings is 2. The van der Waals surface area contributed by atoms with E-state index in [-0.39, 0.29) is 11.9 Å². The molecule has 1 atom stereocenters. The summed E-state index contributed by atoms with van der Waals surface area (Å²) in [5.74, 6) is 1.76. The SMILES string of the molecule is C=CCOc1ccc(C(=O)NC2CCOc3ccccc32)cc1OC. The summed E-state index contributed by atoms with van der Waals surface area (Å²) >= 11 is 0. The van der Waals surface area contributed by atoms with E-state index in [1.807, 2.05) is 24.3 Å². The Morgan fingerprint density at radius 1 is 1.32 bits per heavy atom. The highest BCUT2D eigenvalue weighted by atomic mass is 16.5. The Hall–Kier alpha value is -2.95. The highest BCUT2D eigenvalue weighted by Gasteiger charge is 2.23. The van der Waals surface area contributed by atoms with E-state index in [1.54, 1.807) is 31.4 Å². The molecule has 0 spiro atoms. The lowest BCUT2D eigenvalue weighted by atomic mass is 10.00. The minimum Gasteiger partial charge on any atom is -0.493 e. The maximum absolute atomic E-state index is 12.7. The van der Waals surface area contributed by atoms with Crippen molar-refractivity contribution in [2.75, 3.05) is 20.3 Å². The third-order valence-corrected chi connectivity index (χ3v) is 4.05. The Labute approximate surface area is 147 Å². The van der Waals surface area contributed by atoms with Gasteiger partial charge in [-0.25, -0.2) is 0 Å². The first-order chi connectivity index (χ1) is 12.2. The van der Waals surface area contributed by atoms with Crippen molar-refractivity contribution in [3.05, 3.63) is 66.2 Å². The van der Waals surface area contributed by atoms with E-state index in [4.69, 9.17) is 14.2 Å². The third-order valence-electron chi connectivity index (χ3n) is 4.05. The molecule has 1 aliphatic rings. The van der Waals surface area contributed by atoms with Crippen LogP contribution in [-0.4, -0.2) is 26.2 Å². The molecule has 1 heterocycles. The number of fused-ring (bicyclic) bond motifs is 1. The molecule has 0 radical (unpaired) electrons. The second kappa shape index (κ2) is 7.75. The zero-order valence-electron chi connectivity index (χ0n) is 14.2. The lowest BCUT2D eigenvalue weighted by Gasteiger charge is -2.26. The van der Waals surface area contributed by atoms with Gasteiger partial charge in [-0.3, -0.25) is 4.79 Å². The number of ether oxygens (including phenoxy) is 3. The van der Waals surface area contributed by atoms with Crippen LogP contribution < -0.4 is 19.5 Å². The molecule has 5 nitrogen and oxygen atoms in total. The van der Waals surface area contributed by atoms with Gasteiger partial charge in [0.05, 0.1) is 19.8 Å². The highest BCUT2D eigenvalue weighted by Crippen LogP contribution is 2.32. The number of hydrogen-bond donors (Lipinski definition) is 1. The molecule has 0 saturated carbocycles. The van der Waals surface area contributed by atoms with Crippen molar-refractivity contribution in [1.29, 1.82) is 0 Å². The smallest absolute Gasteiger partial charge is 0.251 e. The molecule has 5 heteroatoms. The summed E-state index contributed by atoms with van der Waals surface area (Å²) in [5, 5.41) is 3.07. The molecule has 2 aromatic rings. The van der Waals surface area contributed by atoms with E-state index in [9.17, 15) is 4.79 Å². The highest BCUT2D eigenvalue weighted by molar-refractivity contribution is 5.95. The van der Waals surface area contributed by atoms with Crippen molar-refractivity contribution in [3.8, 4) is 17.2 Å². The Morgan fingerprint density at radius 3 is 2.96 bits per heavy atom. The maximum atomic E-state index is 12.7. The zero-order valence-corrected chi connectivity index (χ0v) is 14.2. The minimum atomic E-state index is -0.157. The van der Waals surface area contributed by atoms with Gasteiger partial charge >= 0.3 is 0 Å². The van der Waals surface area contributed by atoms with Gasteiger partial charge in [0.1, 0.15) is 12.4 Å². The van der Waals surface area contributed by atoms with Gasteiger partial charge in [-0.05, 0) is 24.3 Å². The molecular formula is C20H21NO4. The van der Waals surface area contributed by atoms with Gasteiger partial charge in [-0.15, -0.1) is 0 Å². The van der Waals surface area contributed by atoms with E-state index >= 15 is 0 Å². The first kappa shape index (κ1) is 16.9. The number of rotatable bonds is 6. The fraction of sp³-hybridized carbons (Fsp3) is 0.250. The van der Waals surface area contributed by atoms with Crippen LogP contribution in [0.2, 0.25) is 0 Å². The summed E-state index contributed by atoms with van der Waals surface area (Å²) in [6.45, 7) is 4.58. The predicted octanol–water partition coefficient (Wildman–Crippen LogP) is 3.51. The Balaban J connectivity index is 1.77. The summed E-state index contributed by atoms with van der Waals surface area (Å²) in [6, 6.07) is 12.8. The van der Waals surface area contributed by atoms with E-state index in [0.29, 0.717) is 30.3 Å². The molecule has 25 heavy (non-hydrogen) atoms. The van der Waals surface area contributed by atoms with E-state index < -0.39 is 0 Å². The quantitative estimate of drug-likeness (QED) is 0.818. The molecule has 1 N–H and O–H groups in total. The van der Waals surface area contributed by atoms with Crippen molar-refractivity contribution < 1.29 is 19.0 Å².